The molecule has 0 aliphatic heterocycles. The van der Waals surface area contributed by atoms with Gasteiger partial charge in [0.05, 0.1) is 0 Å². The molecule has 2 rings (SSSR count). The highest BCUT2D eigenvalue weighted by Gasteiger charge is 1.95. The van der Waals surface area contributed by atoms with Gasteiger partial charge in [-0.3, -0.25) is 0 Å². The van der Waals surface area contributed by atoms with Gasteiger partial charge in [-0.05, 0) is 49.4 Å². The molecule has 0 amide bonds. The van der Waals surface area contributed by atoms with E-state index >= 15 is 0 Å². The normalized spacial score (nSPS) is 10.4. The van der Waals surface area contributed by atoms with Crippen LogP contribution in [0.5, 0.6) is 0 Å². The first-order valence-corrected chi connectivity index (χ1v) is 7.16. The molecule has 0 bridgehead atoms. The number of anilines is 1. The predicted octanol–water partition coefficient (Wildman–Crippen LogP) is 4.60. The summed E-state index contributed by atoms with van der Waals surface area (Å²) in [6, 6.07) is 17.6. The molecule has 0 fully saturated rings. The number of aryl methyl sites for hydroxylation is 3. The lowest BCUT2D eigenvalue weighted by Crippen LogP contribution is -2.02. The molecular weight excluding hydrogens is 230 g/mol. The van der Waals surface area contributed by atoms with Crippen molar-refractivity contribution in [2.45, 2.75) is 33.1 Å². The molecule has 0 aliphatic carbocycles. The van der Waals surface area contributed by atoms with E-state index in [0.29, 0.717) is 0 Å². The third kappa shape index (κ3) is 4.44. The molecule has 0 unspecified atom stereocenters. The van der Waals surface area contributed by atoms with Crippen molar-refractivity contribution in [2.75, 3.05) is 11.9 Å². The number of hydrogen-bond acceptors (Lipinski definition) is 1. The number of rotatable bonds is 6. The molecule has 1 heteroatoms. The molecule has 0 aromatic heterocycles. The quantitative estimate of drug-likeness (QED) is 0.742. The highest BCUT2D eigenvalue weighted by atomic mass is 14.9. The fraction of sp³-hybridized carbons (Fsp3) is 0.333. The van der Waals surface area contributed by atoms with Gasteiger partial charge in [0.25, 0.3) is 0 Å². The summed E-state index contributed by atoms with van der Waals surface area (Å²) >= 11 is 0. The first-order valence-electron chi connectivity index (χ1n) is 7.16. The average molecular weight is 253 g/mol. The Kier molecular flexibility index (Phi) is 5.02. The van der Waals surface area contributed by atoms with E-state index in [1.165, 1.54) is 28.8 Å². The maximum absolute atomic E-state index is 3.46. The summed E-state index contributed by atoms with van der Waals surface area (Å²) in [7, 11) is 0. The second kappa shape index (κ2) is 6.98. The van der Waals surface area contributed by atoms with Crippen LogP contribution in [0.4, 0.5) is 5.69 Å². The van der Waals surface area contributed by atoms with Crippen molar-refractivity contribution in [3.8, 4) is 0 Å². The largest absolute Gasteiger partial charge is 0.385 e. The van der Waals surface area contributed by atoms with E-state index in [1.54, 1.807) is 0 Å². The summed E-state index contributed by atoms with van der Waals surface area (Å²) in [5.74, 6) is 0. The van der Waals surface area contributed by atoms with Crippen LogP contribution in [0.3, 0.4) is 0 Å². The van der Waals surface area contributed by atoms with Crippen LogP contribution in [0.25, 0.3) is 0 Å². The Bertz CT molecular complexity index is 482. The van der Waals surface area contributed by atoms with Gasteiger partial charge in [-0.15, -0.1) is 0 Å². The van der Waals surface area contributed by atoms with E-state index in [1.807, 2.05) is 0 Å². The van der Waals surface area contributed by atoms with Crippen LogP contribution in [0.15, 0.2) is 48.5 Å². The van der Waals surface area contributed by atoms with E-state index in [2.05, 4.69) is 67.7 Å². The molecule has 1 nitrogen and oxygen atoms in total. The topological polar surface area (TPSA) is 12.0 Å². The van der Waals surface area contributed by atoms with Gasteiger partial charge in [-0.25, -0.2) is 0 Å². The van der Waals surface area contributed by atoms with E-state index in [9.17, 15) is 0 Å². The Morgan fingerprint density at radius 3 is 2.11 bits per heavy atom. The van der Waals surface area contributed by atoms with Gasteiger partial charge in [0, 0.05) is 12.2 Å². The summed E-state index contributed by atoms with van der Waals surface area (Å²) in [5, 5.41) is 3.46. The fourth-order valence-corrected chi connectivity index (χ4v) is 2.14. The van der Waals surface area contributed by atoms with Crippen molar-refractivity contribution in [1.82, 2.24) is 0 Å². The second-order valence-electron chi connectivity index (χ2n) is 5.07. The van der Waals surface area contributed by atoms with E-state index in [0.717, 1.165) is 19.4 Å². The summed E-state index contributed by atoms with van der Waals surface area (Å²) in [5.41, 5.74) is 5.37. The molecule has 0 saturated heterocycles. The molecule has 0 atom stereocenters. The van der Waals surface area contributed by atoms with Crippen LogP contribution in [-0.2, 0) is 12.8 Å². The van der Waals surface area contributed by atoms with Gasteiger partial charge in [-0.2, -0.15) is 0 Å². The predicted molar refractivity (Wildman–Crippen MR) is 83.8 cm³/mol. The molecule has 0 aliphatic rings. The summed E-state index contributed by atoms with van der Waals surface area (Å²) in [6.45, 7) is 5.34. The molecule has 0 heterocycles. The van der Waals surface area contributed by atoms with Crippen LogP contribution in [0, 0.1) is 6.92 Å². The van der Waals surface area contributed by atoms with Crippen LogP contribution < -0.4 is 5.32 Å². The smallest absolute Gasteiger partial charge is 0.0340 e. The fourth-order valence-electron chi connectivity index (χ4n) is 2.14. The zero-order valence-corrected chi connectivity index (χ0v) is 11.9. The molecule has 0 radical (unpaired) electrons. The standard InChI is InChI=1S/C18H23N/c1-3-16-8-10-17(11-9-16)5-4-14-19-18-12-6-15(2)7-13-18/h6-13,19H,3-5,14H2,1-2H3. The van der Waals surface area contributed by atoms with Crippen molar-refractivity contribution in [3.63, 3.8) is 0 Å². The first kappa shape index (κ1) is 13.7. The molecule has 1 N–H and O–H groups in total. The zero-order chi connectivity index (χ0) is 13.5. The maximum atomic E-state index is 3.46. The molecule has 100 valence electrons. The van der Waals surface area contributed by atoms with Gasteiger partial charge in [0.2, 0.25) is 0 Å². The van der Waals surface area contributed by atoms with Crippen LogP contribution in [0.2, 0.25) is 0 Å². The van der Waals surface area contributed by atoms with Crippen molar-refractivity contribution in [3.05, 3.63) is 65.2 Å². The van der Waals surface area contributed by atoms with Gasteiger partial charge >= 0.3 is 0 Å². The lowest BCUT2D eigenvalue weighted by atomic mass is 10.1. The molecule has 2 aromatic carbocycles. The van der Waals surface area contributed by atoms with Crippen molar-refractivity contribution >= 4 is 5.69 Å². The van der Waals surface area contributed by atoms with Crippen molar-refractivity contribution in [2.24, 2.45) is 0 Å². The lowest BCUT2D eigenvalue weighted by molar-refractivity contribution is 0.862. The van der Waals surface area contributed by atoms with Crippen LogP contribution in [-0.4, -0.2) is 6.54 Å². The summed E-state index contributed by atoms with van der Waals surface area (Å²) in [4.78, 5) is 0. The minimum atomic E-state index is 1.03. The lowest BCUT2D eigenvalue weighted by Gasteiger charge is -2.07. The molecule has 0 saturated carbocycles. The first-order chi connectivity index (χ1) is 9.28. The Hall–Kier alpha value is -1.76. The van der Waals surface area contributed by atoms with Gasteiger partial charge < -0.3 is 5.32 Å². The van der Waals surface area contributed by atoms with Gasteiger partial charge in [0.15, 0.2) is 0 Å². The highest BCUT2D eigenvalue weighted by molar-refractivity contribution is 5.44. The highest BCUT2D eigenvalue weighted by Crippen LogP contribution is 2.10. The van der Waals surface area contributed by atoms with E-state index in [-0.39, 0.29) is 0 Å². The number of hydrogen-bond donors (Lipinski definition) is 1. The van der Waals surface area contributed by atoms with Gasteiger partial charge in [-0.1, -0.05) is 48.9 Å². The maximum Gasteiger partial charge on any atom is 0.0340 e. The third-order valence-electron chi connectivity index (χ3n) is 3.45. The summed E-state index contributed by atoms with van der Waals surface area (Å²) < 4.78 is 0. The molecule has 2 aromatic rings. The van der Waals surface area contributed by atoms with Crippen LogP contribution >= 0.6 is 0 Å². The van der Waals surface area contributed by atoms with Gasteiger partial charge in [0.1, 0.15) is 0 Å². The Morgan fingerprint density at radius 1 is 0.842 bits per heavy atom. The summed E-state index contributed by atoms with van der Waals surface area (Å²) in [6.07, 6.45) is 3.43. The monoisotopic (exact) mass is 253 g/mol. The van der Waals surface area contributed by atoms with Crippen molar-refractivity contribution in [1.29, 1.82) is 0 Å². The second-order valence-corrected chi connectivity index (χ2v) is 5.07. The Morgan fingerprint density at radius 2 is 1.47 bits per heavy atom. The third-order valence-corrected chi connectivity index (χ3v) is 3.45. The Balaban J connectivity index is 1.72. The minimum Gasteiger partial charge on any atom is -0.385 e. The number of benzene rings is 2. The van der Waals surface area contributed by atoms with E-state index in [4.69, 9.17) is 0 Å². The zero-order valence-electron chi connectivity index (χ0n) is 11.9. The average Bonchev–Trinajstić information content (AvgIpc) is 2.46. The molecular formula is C18H23N. The SMILES string of the molecule is CCc1ccc(CCCNc2ccc(C)cc2)cc1. The molecule has 0 spiro atoms. The minimum absolute atomic E-state index is 1.03. The van der Waals surface area contributed by atoms with Crippen LogP contribution in [0.1, 0.15) is 30.0 Å². The molecule has 19 heavy (non-hydrogen) atoms. The van der Waals surface area contributed by atoms with E-state index < -0.39 is 0 Å². The van der Waals surface area contributed by atoms with Crippen molar-refractivity contribution < 1.29 is 0 Å². The Labute approximate surface area is 116 Å². The number of nitrogens with one attached hydrogen (secondary N) is 1.